The SMILES string of the molecule is BrCC1CCCCC1.O=C1N(CC2CCCCC2)C(SCC2CCCCC2)=NC12CC(c1ccccc1)Oc1ccc(Br)cc12.O=C1NC(=S)NC12CC(c1ccccc1)Oc1ccc(Br)cc12. The number of aliphatic imine (C=N–C) groups is 1. The number of thioether (sulfide) groups is 1. The van der Waals surface area contributed by atoms with Gasteiger partial charge in [0.05, 0.1) is 0 Å². The largest absolute Gasteiger partial charge is 0.485 e. The van der Waals surface area contributed by atoms with Gasteiger partial charge in [0.15, 0.2) is 21.4 Å². The number of hydrogen-bond acceptors (Lipinski definition) is 7. The molecule has 4 aliphatic heterocycles. The van der Waals surface area contributed by atoms with Crippen LogP contribution >= 0.6 is 71.8 Å². The summed E-state index contributed by atoms with van der Waals surface area (Å²) in [6.45, 7) is 0.803. The van der Waals surface area contributed by atoms with Gasteiger partial charge in [-0.25, -0.2) is 4.99 Å². The van der Waals surface area contributed by atoms with E-state index < -0.39 is 11.1 Å². The molecule has 1 saturated heterocycles. The molecule has 2 N–H and O–H groups in total. The Morgan fingerprint density at radius 1 is 0.662 bits per heavy atom. The second kappa shape index (κ2) is 22.9. The molecule has 8 nitrogen and oxygen atoms in total. The number of alkyl halides is 1. The number of carbonyl (C=O) groups is 2. The van der Waals surface area contributed by atoms with Gasteiger partial charge in [-0.2, -0.15) is 0 Å². The number of amides is 2. The molecule has 3 aliphatic carbocycles. The molecule has 13 heteroatoms. The second-order valence-corrected chi connectivity index (χ2v) is 23.6. The van der Waals surface area contributed by atoms with Crippen LogP contribution in [0.15, 0.2) is 111 Å². The summed E-state index contributed by atoms with van der Waals surface area (Å²) in [6, 6.07) is 32.0. The molecule has 68 heavy (non-hydrogen) atoms. The van der Waals surface area contributed by atoms with Crippen LogP contribution in [-0.4, -0.2) is 44.6 Å². The molecule has 4 fully saturated rings. The molecular formula is C55H63Br3N4O4S2. The van der Waals surface area contributed by atoms with Crippen molar-refractivity contribution in [2.24, 2.45) is 22.7 Å². The maximum absolute atomic E-state index is 14.6. The van der Waals surface area contributed by atoms with Gasteiger partial charge >= 0.3 is 0 Å². The molecule has 4 unspecified atom stereocenters. The van der Waals surface area contributed by atoms with Crippen molar-refractivity contribution in [2.45, 2.75) is 132 Å². The minimum absolute atomic E-state index is 0.133. The molecule has 4 aromatic carbocycles. The predicted molar refractivity (Wildman–Crippen MR) is 289 cm³/mol. The topological polar surface area (TPSA) is 92.3 Å². The fourth-order valence-electron chi connectivity index (χ4n) is 11.2. The zero-order valence-electron chi connectivity index (χ0n) is 38.7. The van der Waals surface area contributed by atoms with Gasteiger partial charge in [0.1, 0.15) is 23.7 Å². The van der Waals surface area contributed by atoms with E-state index in [1.165, 1.54) is 102 Å². The van der Waals surface area contributed by atoms with Crippen molar-refractivity contribution < 1.29 is 19.1 Å². The summed E-state index contributed by atoms with van der Waals surface area (Å²) in [5.41, 5.74) is 2.02. The highest BCUT2D eigenvalue weighted by Gasteiger charge is 2.56. The van der Waals surface area contributed by atoms with Crippen LogP contribution in [0.4, 0.5) is 0 Å². The van der Waals surface area contributed by atoms with E-state index in [0.29, 0.717) is 29.6 Å². The number of rotatable bonds is 7. The molecular weight excluding hydrogens is 1080 g/mol. The molecule has 7 aliphatic rings. The average Bonchev–Trinajstić information content (AvgIpc) is 3.81. The third-order valence-electron chi connectivity index (χ3n) is 15.0. The quantitative estimate of drug-likeness (QED) is 0.141. The predicted octanol–water partition coefficient (Wildman–Crippen LogP) is 14.4. The van der Waals surface area contributed by atoms with E-state index in [-0.39, 0.29) is 24.0 Å². The van der Waals surface area contributed by atoms with Gasteiger partial charge in [-0.3, -0.25) is 14.5 Å². The van der Waals surface area contributed by atoms with Crippen LogP contribution in [0, 0.1) is 17.8 Å². The first-order chi connectivity index (χ1) is 33.1. The lowest BCUT2D eigenvalue weighted by Crippen LogP contribution is -2.48. The number of carbonyl (C=O) groups excluding carboxylic acids is 2. The van der Waals surface area contributed by atoms with Crippen molar-refractivity contribution in [3.05, 3.63) is 128 Å². The van der Waals surface area contributed by atoms with Crippen LogP contribution in [0.2, 0.25) is 0 Å². The molecule has 360 valence electrons. The maximum atomic E-state index is 14.6. The highest BCUT2D eigenvalue weighted by atomic mass is 79.9. The Kier molecular flexibility index (Phi) is 16.7. The van der Waals surface area contributed by atoms with Crippen LogP contribution in [-0.2, 0) is 20.7 Å². The zero-order valence-corrected chi connectivity index (χ0v) is 45.1. The minimum atomic E-state index is -0.929. The van der Waals surface area contributed by atoms with Crippen LogP contribution in [0.25, 0.3) is 0 Å². The number of halogens is 3. The van der Waals surface area contributed by atoms with E-state index >= 15 is 0 Å². The average molecular weight is 1150 g/mol. The van der Waals surface area contributed by atoms with E-state index in [1.807, 2.05) is 90.6 Å². The van der Waals surface area contributed by atoms with Crippen LogP contribution < -0.4 is 20.1 Å². The maximum Gasteiger partial charge on any atom is 0.261 e. The Morgan fingerprint density at radius 2 is 1.18 bits per heavy atom. The summed E-state index contributed by atoms with van der Waals surface area (Å²) >= 11 is 17.6. The number of benzene rings is 4. The molecule has 2 amide bonds. The Bertz CT molecular complexity index is 2430. The number of hydrogen-bond donors (Lipinski definition) is 2. The fourth-order valence-corrected chi connectivity index (χ4v) is 14.1. The first-order valence-corrected chi connectivity index (χ1v) is 29.0. The monoisotopic (exact) mass is 1140 g/mol. The number of nitrogens with one attached hydrogen (secondary N) is 2. The minimum Gasteiger partial charge on any atom is -0.485 e. The van der Waals surface area contributed by atoms with Crippen molar-refractivity contribution in [2.75, 3.05) is 17.6 Å². The zero-order chi connectivity index (χ0) is 47.1. The number of fused-ring (bicyclic) bond motifs is 4. The Balaban J connectivity index is 0.000000157. The molecule has 0 bridgehead atoms. The van der Waals surface area contributed by atoms with Gasteiger partial charge in [0.2, 0.25) is 0 Å². The Labute approximate surface area is 437 Å². The van der Waals surface area contributed by atoms with Crippen molar-refractivity contribution in [1.29, 1.82) is 0 Å². The summed E-state index contributed by atoms with van der Waals surface area (Å²) in [5, 5.41) is 8.42. The molecule has 4 atom stereocenters. The summed E-state index contributed by atoms with van der Waals surface area (Å²) in [7, 11) is 0. The van der Waals surface area contributed by atoms with Crippen molar-refractivity contribution in [3.8, 4) is 11.5 Å². The molecule has 3 saturated carbocycles. The van der Waals surface area contributed by atoms with E-state index in [0.717, 1.165) is 66.2 Å². The van der Waals surface area contributed by atoms with Gasteiger partial charge in [0.25, 0.3) is 11.8 Å². The number of thiocarbonyl (C=S) groups is 1. The molecule has 0 radical (unpaired) electrons. The third kappa shape index (κ3) is 11.3. The summed E-state index contributed by atoms with van der Waals surface area (Å²) in [6.07, 6.45) is 20.9. The lowest BCUT2D eigenvalue weighted by atomic mass is 9.80. The van der Waals surface area contributed by atoms with Crippen LogP contribution in [0.1, 0.15) is 144 Å². The molecule has 4 heterocycles. The van der Waals surface area contributed by atoms with Gasteiger partial charge in [0, 0.05) is 50.5 Å². The van der Waals surface area contributed by atoms with Gasteiger partial charge in [-0.15, -0.1) is 0 Å². The van der Waals surface area contributed by atoms with Crippen LogP contribution in [0.5, 0.6) is 11.5 Å². The summed E-state index contributed by atoms with van der Waals surface area (Å²) < 4.78 is 14.5. The Morgan fingerprint density at radius 3 is 1.71 bits per heavy atom. The second-order valence-electron chi connectivity index (χ2n) is 19.7. The smallest absolute Gasteiger partial charge is 0.261 e. The summed E-state index contributed by atoms with van der Waals surface area (Å²) in [4.78, 5) is 34.8. The number of ether oxygens (including phenoxy) is 2. The van der Waals surface area contributed by atoms with Gasteiger partial charge < -0.3 is 20.1 Å². The molecule has 0 aromatic heterocycles. The first-order valence-electron chi connectivity index (χ1n) is 24.9. The lowest BCUT2D eigenvalue weighted by molar-refractivity contribution is -0.133. The fraction of sp³-hybridized carbons (Fsp3) is 0.491. The highest BCUT2D eigenvalue weighted by Crippen LogP contribution is 2.52. The number of amidine groups is 1. The highest BCUT2D eigenvalue weighted by molar-refractivity contribution is 9.10. The molecule has 2 spiro atoms. The van der Waals surface area contributed by atoms with Crippen molar-refractivity contribution in [3.63, 3.8) is 0 Å². The van der Waals surface area contributed by atoms with Crippen LogP contribution in [0.3, 0.4) is 0 Å². The number of nitrogens with zero attached hydrogens (tertiary/aromatic N) is 2. The summed E-state index contributed by atoms with van der Waals surface area (Å²) in [5.74, 6) is 4.85. The lowest BCUT2D eigenvalue weighted by Gasteiger charge is -2.38. The van der Waals surface area contributed by atoms with Crippen molar-refractivity contribution >= 4 is 93.9 Å². The first kappa shape index (κ1) is 49.7. The molecule has 4 aromatic rings. The van der Waals surface area contributed by atoms with E-state index in [2.05, 4.69) is 81.5 Å². The molecule has 11 rings (SSSR count). The van der Waals surface area contributed by atoms with Crippen molar-refractivity contribution in [1.82, 2.24) is 15.5 Å². The van der Waals surface area contributed by atoms with Gasteiger partial charge in [-0.1, -0.05) is 178 Å². The van der Waals surface area contributed by atoms with E-state index in [1.54, 1.807) is 0 Å². The van der Waals surface area contributed by atoms with E-state index in [4.69, 9.17) is 26.7 Å². The Hall–Kier alpha value is -3.23. The normalized spacial score (nSPS) is 26.0. The third-order valence-corrected chi connectivity index (χ3v) is 18.3. The van der Waals surface area contributed by atoms with Gasteiger partial charge in [-0.05, 0) is 116 Å². The van der Waals surface area contributed by atoms with E-state index in [9.17, 15) is 9.59 Å². The standard InChI is InChI=1S/C31H37BrN2O2S.C17H13BrN2O2S.C7H13Br/c32-25-16-17-27-26(18-25)31(19-28(36-27)24-14-8-3-9-15-24)29(35)34(20-22-10-4-1-5-11-22)30(33-31)37-21-23-12-6-2-7-13-23;18-11-6-7-13-12(8-11)17(15(21)19-16(23)20-17)9-14(22-13)10-4-2-1-3-5-10;8-6-7-4-2-1-3-5-7/h3,8-9,14-18,22-23,28H,1-2,4-7,10-13,19-21H2;1-8,14H,9H2,(H2,19,20,21,23);7H,1-6H2.